The zero-order valence-electron chi connectivity index (χ0n) is 11.5. The number of Topliss-reactive ketones (excluding diaryl/α,β-unsaturated/α-hetero) is 1. The van der Waals surface area contributed by atoms with Crippen LogP contribution in [0.25, 0.3) is 0 Å². The molecule has 5 aliphatic heterocycles. The number of ketones is 1. The van der Waals surface area contributed by atoms with Crippen LogP contribution in [-0.2, 0) is 9.53 Å². The summed E-state index contributed by atoms with van der Waals surface area (Å²) in [6.45, 7) is 8.56. The van der Waals surface area contributed by atoms with Crippen molar-refractivity contribution >= 4 is 5.78 Å². The lowest BCUT2D eigenvalue weighted by atomic mass is 9.96. The predicted molar refractivity (Wildman–Crippen MR) is 68.4 cm³/mol. The van der Waals surface area contributed by atoms with Gasteiger partial charge in [-0.25, -0.2) is 14.7 Å². The van der Waals surface area contributed by atoms with Crippen LogP contribution in [-0.4, -0.2) is 84.7 Å². The highest BCUT2D eigenvalue weighted by atomic mass is 16.5. The fraction of sp³-hybridized carbons (Fsp3) is 0.923. The molecular formula is C13H23N4O2+. The normalized spacial score (nSPS) is 48.4. The van der Waals surface area contributed by atoms with Gasteiger partial charge in [-0.2, -0.15) is 0 Å². The molecule has 106 valence electrons. The molecule has 5 saturated heterocycles. The maximum absolute atomic E-state index is 12.5. The zero-order valence-corrected chi connectivity index (χ0v) is 11.5. The second kappa shape index (κ2) is 4.49. The highest BCUT2D eigenvalue weighted by Crippen LogP contribution is 2.29. The Balaban J connectivity index is 1.45. The Morgan fingerprint density at radius 3 is 2.26 bits per heavy atom. The van der Waals surface area contributed by atoms with E-state index in [9.17, 15) is 4.79 Å². The maximum atomic E-state index is 12.5. The third kappa shape index (κ3) is 2.21. The lowest BCUT2D eigenvalue weighted by molar-refractivity contribution is -0.973. The average molecular weight is 267 g/mol. The molecule has 4 bridgehead atoms. The number of quaternary nitrogens is 1. The minimum absolute atomic E-state index is 0.153. The third-order valence-corrected chi connectivity index (χ3v) is 4.81. The lowest BCUT2D eigenvalue weighted by Crippen LogP contribution is -2.80. The summed E-state index contributed by atoms with van der Waals surface area (Å²) >= 11 is 0. The molecule has 0 aliphatic carbocycles. The van der Waals surface area contributed by atoms with Gasteiger partial charge in [-0.3, -0.25) is 9.28 Å². The summed E-state index contributed by atoms with van der Waals surface area (Å²) < 4.78 is 6.39. The molecule has 19 heavy (non-hydrogen) atoms. The first-order valence-electron chi connectivity index (χ1n) is 7.35. The van der Waals surface area contributed by atoms with E-state index in [-0.39, 0.29) is 5.92 Å². The molecule has 0 aromatic rings. The lowest BCUT2D eigenvalue weighted by Gasteiger charge is -2.60. The molecule has 0 radical (unpaired) electrons. The Bertz CT molecular complexity index is 346. The van der Waals surface area contributed by atoms with Gasteiger partial charge in [0.1, 0.15) is 26.6 Å². The highest BCUT2D eigenvalue weighted by molar-refractivity contribution is 5.82. The van der Waals surface area contributed by atoms with Crippen molar-refractivity contribution in [3.63, 3.8) is 0 Å². The molecule has 0 N–H and O–H groups in total. The van der Waals surface area contributed by atoms with Gasteiger partial charge in [0.05, 0.1) is 26.6 Å². The molecule has 0 saturated carbocycles. The van der Waals surface area contributed by atoms with Crippen molar-refractivity contribution in [3.8, 4) is 0 Å². The Kier molecular flexibility index (Phi) is 2.89. The summed E-state index contributed by atoms with van der Waals surface area (Å²) in [5.41, 5.74) is 0. The molecule has 0 amide bonds. The third-order valence-electron chi connectivity index (χ3n) is 4.81. The molecule has 1 unspecified atom stereocenters. The molecular weight excluding hydrogens is 244 g/mol. The van der Waals surface area contributed by atoms with Crippen LogP contribution >= 0.6 is 0 Å². The van der Waals surface area contributed by atoms with Gasteiger partial charge in [0.25, 0.3) is 0 Å². The van der Waals surface area contributed by atoms with Crippen LogP contribution in [0.2, 0.25) is 0 Å². The van der Waals surface area contributed by atoms with Gasteiger partial charge >= 0.3 is 0 Å². The number of carbonyl (C=O) groups excluding carboxylic acids is 1. The summed E-state index contributed by atoms with van der Waals surface area (Å²) in [7, 11) is 0. The van der Waals surface area contributed by atoms with E-state index in [0.717, 1.165) is 63.9 Å². The van der Waals surface area contributed by atoms with Gasteiger partial charge in [0.15, 0.2) is 5.78 Å². The summed E-state index contributed by atoms with van der Waals surface area (Å²) in [6.07, 6.45) is 2.07. The van der Waals surface area contributed by atoms with Crippen LogP contribution < -0.4 is 0 Å². The van der Waals surface area contributed by atoms with Gasteiger partial charge in [-0.05, 0) is 12.8 Å². The van der Waals surface area contributed by atoms with E-state index in [2.05, 4.69) is 14.7 Å². The van der Waals surface area contributed by atoms with E-state index >= 15 is 0 Å². The molecule has 0 aromatic heterocycles. The molecule has 5 rings (SSSR count). The van der Waals surface area contributed by atoms with Crippen LogP contribution in [0.4, 0.5) is 0 Å². The Hall–Kier alpha value is -0.530. The first kappa shape index (κ1) is 12.2. The quantitative estimate of drug-likeness (QED) is 0.644. The Labute approximate surface area is 114 Å². The summed E-state index contributed by atoms with van der Waals surface area (Å²) in [5.74, 6) is 0.574. The van der Waals surface area contributed by atoms with E-state index in [1.807, 2.05) is 0 Å². The number of rotatable bonds is 3. The molecule has 5 aliphatic rings. The van der Waals surface area contributed by atoms with E-state index in [1.54, 1.807) is 0 Å². The van der Waals surface area contributed by atoms with Crippen molar-refractivity contribution in [2.24, 2.45) is 5.92 Å². The second-order valence-electron chi connectivity index (χ2n) is 6.74. The number of ether oxygens (including phenoxy) is 1. The topological polar surface area (TPSA) is 36.0 Å². The fourth-order valence-corrected chi connectivity index (χ4v) is 4.26. The SMILES string of the molecule is O=C(C[N+]12CN3CN(CN(C3)C1)C2)C1CCCOC1. The summed E-state index contributed by atoms with van der Waals surface area (Å²) in [6, 6.07) is 0. The standard InChI is InChI=1S/C13H23N4O2/c18-13(12-2-1-3-19-5-12)4-17-9-14-6-15(10-17)8-16(7-14)11-17/h12H,1-11H2/q+1. The minimum Gasteiger partial charge on any atom is -0.381 e. The largest absolute Gasteiger partial charge is 0.381 e. The van der Waals surface area contributed by atoms with Gasteiger partial charge in [0.2, 0.25) is 0 Å². The van der Waals surface area contributed by atoms with Crippen molar-refractivity contribution in [3.05, 3.63) is 0 Å². The first-order chi connectivity index (χ1) is 9.22. The molecule has 6 nitrogen and oxygen atoms in total. The number of hydrogen-bond acceptors (Lipinski definition) is 5. The number of hydrogen-bond donors (Lipinski definition) is 0. The number of carbonyl (C=O) groups is 1. The van der Waals surface area contributed by atoms with Crippen LogP contribution in [0.5, 0.6) is 0 Å². The molecule has 0 aromatic carbocycles. The first-order valence-corrected chi connectivity index (χ1v) is 7.35. The van der Waals surface area contributed by atoms with E-state index in [4.69, 9.17) is 4.74 Å². The molecule has 0 spiro atoms. The summed E-state index contributed by atoms with van der Waals surface area (Å²) in [4.78, 5) is 19.9. The average Bonchev–Trinajstić information content (AvgIpc) is 2.37. The molecule has 6 heteroatoms. The Morgan fingerprint density at radius 1 is 1.11 bits per heavy atom. The monoisotopic (exact) mass is 267 g/mol. The van der Waals surface area contributed by atoms with Crippen molar-refractivity contribution in [1.82, 2.24) is 14.7 Å². The van der Waals surface area contributed by atoms with Gasteiger partial charge < -0.3 is 4.74 Å². The molecule has 5 heterocycles. The van der Waals surface area contributed by atoms with E-state index in [1.165, 1.54) is 0 Å². The number of nitrogens with zero attached hydrogens (tertiary/aromatic N) is 4. The van der Waals surface area contributed by atoms with Crippen molar-refractivity contribution in [1.29, 1.82) is 0 Å². The van der Waals surface area contributed by atoms with Gasteiger partial charge in [-0.1, -0.05) is 0 Å². The highest BCUT2D eigenvalue weighted by Gasteiger charge is 2.49. The van der Waals surface area contributed by atoms with Gasteiger partial charge in [-0.15, -0.1) is 0 Å². The van der Waals surface area contributed by atoms with E-state index < -0.39 is 0 Å². The smallest absolute Gasteiger partial charge is 0.192 e. The predicted octanol–water partition coefficient (Wildman–Crippen LogP) is -0.509. The fourth-order valence-electron chi connectivity index (χ4n) is 4.26. The van der Waals surface area contributed by atoms with Crippen LogP contribution in [0.15, 0.2) is 0 Å². The van der Waals surface area contributed by atoms with Crippen molar-refractivity contribution in [2.45, 2.75) is 12.8 Å². The molecule has 1 atom stereocenters. The van der Waals surface area contributed by atoms with Gasteiger partial charge in [0, 0.05) is 12.5 Å². The summed E-state index contributed by atoms with van der Waals surface area (Å²) in [5, 5.41) is 0. The minimum atomic E-state index is 0.153. The maximum Gasteiger partial charge on any atom is 0.192 e. The van der Waals surface area contributed by atoms with Crippen LogP contribution in [0, 0.1) is 5.92 Å². The molecule has 5 fully saturated rings. The van der Waals surface area contributed by atoms with Crippen LogP contribution in [0.1, 0.15) is 12.8 Å². The van der Waals surface area contributed by atoms with E-state index in [0.29, 0.717) is 18.9 Å². The Morgan fingerprint density at radius 2 is 1.74 bits per heavy atom. The van der Waals surface area contributed by atoms with Crippen molar-refractivity contribution in [2.75, 3.05) is 59.8 Å². The van der Waals surface area contributed by atoms with Crippen molar-refractivity contribution < 1.29 is 14.0 Å². The van der Waals surface area contributed by atoms with Crippen LogP contribution in [0.3, 0.4) is 0 Å². The zero-order chi connectivity index (χ0) is 12.9. The second-order valence-corrected chi connectivity index (χ2v) is 6.74.